The van der Waals surface area contributed by atoms with E-state index in [-0.39, 0.29) is 29.4 Å². The van der Waals surface area contributed by atoms with E-state index in [1.165, 1.54) is 30.3 Å². The monoisotopic (exact) mass is 297 g/mol. The number of carbonyl (C=O) groups excluding carboxylic acids is 1. The Morgan fingerprint density at radius 2 is 2.00 bits per heavy atom. The lowest BCUT2D eigenvalue weighted by Crippen LogP contribution is -2.19. The van der Waals surface area contributed by atoms with E-state index >= 15 is 0 Å². The van der Waals surface area contributed by atoms with Crippen LogP contribution in [0.2, 0.25) is 0 Å². The molecular formula is C16H11NO5. The minimum absolute atomic E-state index is 0.0304. The molecule has 0 aliphatic carbocycles. The summed E-state index contributed by atoms with van der Waals surface area (Å²) in [5.41, 5.74) is 0.802. The number of benzene rings is 2. The summed E-state index contributed by atoms with van der Waals surface area (Å²) in [5, 5.41) is 20.5. The van der Waals surface area contributed by atoms with Gasteiger partial charge in [0.2, 0.25) is 0 Å². The number of hydrogen-bond acceptors (Lipinski definition) is 5. The van der Waals surface area contributed by atoms with Crippen molar-refractivity contribution in [3.63, 3.8) is 0 Å². The Bertz CT molecular complexity index is 810. The highest BCUT2D eigenvalue weighted by Crippen LogP contribution is 2.31. The average Bonchev–Trinajstić information content (AvgIpc) is 2.51. The van der Waals surface area contributed by atoms with E-state index in [1.54, 1.807) is 18.2 Å². The van der Waals surface area contributed by atoms with Crippen LogP contribution in [0.4, 0.5) is 5.69 Å². The Morgan fingerprint density at radius 1 is 1.23 bits per heavy atom. The van der Waals surface area contributed by atoms with Crippen molar-refractivity contribution < 1.29 is 19.6 Å². The van der Waals surface area contributed by atoms with Crippen molar-refractivity contribution in [2.75, 3.05) is 6.61 Å². The van der Waals surface area contributed by atoms with Gasteiger partial charge in [0.05, 0.1) is 16.1 Å². The fraction of sp³-hybridized carbons (Fsp3) is 0.0625. The minimum Gasteiger partial charge on any atom is -0.508 e. The van der Waals surface area contributed by atoms with Crippen molar-refractivity contribution in [1.82, 2.24) is 0 Å². The zero-order valence-corrected chi connectivity index (χ0v) is 11.4. The molecule has 1 N–H and O–H groups in total. The molecule has 0 atom stereocenters. The third-order valence-electron chi connectivity index (χ3n) is 3.35. The maximum absolute atomic E-state index is 12.4. The number of phenols is 1. The smallest absolute Gasteiger partial charge is 0.276 e. The molecule has 0 saturated heterocycles. The van der Waals surface area contributed by atoms with Crippen molar-refractivity contribution in [2.24, 2.45) is 0 Å². The standard InChI is InChI=1S/C16H11NO5/c18-12-5-6-15-13(8-12)16(19)11(9-22-15)7-10-3-1-2-4-14(10)17(20)21/h1-8,18H,9H2/b11-7+. The Balaban J connectivity index is 2.04. The van der Waals surface area contributed by atoms with Crippen LogP contribution in [0.1, 0.15) is 15.9 Å². The fourth-order valence-electron chi connectivity index (χ4n) is 2.29. The predicted octanol–water partition coefficient (Wildman–Crippen LogP) is 2.96. The van der Waals surface area contributed by atoms with Gasteiger partial charge in [-0.3, -0.25) is 14.9 Å². The summed E-state index contributed by atoms with van der Waals surface area (Å²) in [7, 11) is 0. The van der Waals surface area contributed by atoms with Gasteiger partial charge in [0, 0.05) is 11.6 Å². The number of ketones is 1. The number of nitro benzene ring substituents is 1. The number of nitrogens with zero attached hydrogens (tertiary/aromatic N) is 1. The molecule has 0 fully saturated rings. The van der Waals surface area contributed by atoms with E-state index in [0.29, 0.717) is 16.9 Å². The lowest BCUT2D eigenvalue weighted by atomic mass is 9.98. The average molecular weight is 297 g/mol. The number of aromatic hydroxyl groups is 1. The second-order valence-corrected chi connectivity index (χ2v) is 4.78. The number of para-hydroxylation sites is 1. The number of phenolic OH excluding ortho intramolecular Hbond substituents is 1. The summed E-state index contributed by atoms with van der Waals surface area (Å²) in [6.45, 7) is 0.0304. The van der Waals surface area contributed by atoms with Crippen molar-refractivity contribution in [3.8, 4) is 11.5 Å². The van der Waals surface area contributed by atoms with Gasteiger partial charge in [-0.15, -0.1) is 0 Å². The summed E-state index contributed by atoms with van der Waals surface area (Å²) < 4.78 is 5.46. The van der Waals surface area contributed by atoms with Crippen LogP contribution >= 0.6 is 0 Å². The molecule has 0 radical (unpaired) electrons. The molecule has 6 nitrogen and oxygen atoms in total. The van der Waals surface area contributed by atoms with Gasteiger partial charge in [-0.05, 0) is 30.3 Å². The highest BCUT2D eigenvalue weighted by molar-refractivity contribution is 6.14. The molecule has 0 spiro atoms. The number of fused-ring (bicyclic) bond motifs is 1. The molecule has 1 aliphatic rings. The molecule has 0 unspecified atom stereocenters. The van der Waals surface area contributed by atoms with Crippen LogP contribution < -0.4 is 4.74 Å². The van der Waals surface area contributed by atoms with Gasteiger partial charge in [-0.1, -0.05) is 12.1 Å². The van der Waals surface area contributed by atoms with E-state index in [4.69, 9.17) is 4.74 Å². The van der Waals surface area contributed by atoms with Crippen LogP contribution in [0.5, 0.6) is 11.5 Å². The molecule has 110 valence electrons. The van der Waals surface area contributed by atoms with Crippen molar-refractivity contribution in [3.05, 3.63) is 69.3 Å². The van der Waals surface area contributed by atoms with Gasteiger partial charge in [-0.25, -0.2) is 0 Å². The van der Waals surface area contributed by atoms with E-state index in [9.17, 15) is 20.0 Å². The van der Waals surface area contributed by atoms with E-state index in [0.717, 1.165) is 0 Å². The minimum atomic E-state index is -0.500. The Labute approximate surface area is 125 Å². The summed E-state index contributed by atoms with van der Waals surface area (Å²) >= 11 is 0. The molecule has 1 aliphatic heterocycles. The first kappa shape index (κ1) is 13.8. The van der Waals surface area contributed by atoms with Crippen molar-refractivity contribution in [1.29, 1.82) is 0 Å². The van der Waals surface area contributed by atoms with Crippen LogP contribution in [-0.4, -0.2) is 22.4 Å². The summed E-state index contributed by atoms with van der Waals surface area (Å²) in [6.07, 6.45) is 1.45. The largest absolute Gasteiger partial charge is 0.508 e. The molecule has 2 aromatic carbocycles. The highest BCUT2D eigenvalue weighted by Gasteiger charge is 2.24. The lowest BCUT2D eigenvalue weighted by molar-refractivity contribution is -0.385. The van der Waals surface area contributed by atoms with Gasteiger partial charge in [0.25, 0.3) is 5.69 Å². The fourth-order valence-corrected chi connectivity index (χ4v) is 2.29. The molecule has 2 aromatic rings. The zero-order chi connectivity index (χ0) is 15.7. The van der Waals surface area contributed by atoms with Crippen LogP contribution in [0.25, 0.3) is 6.08 Å². The van der Waals surface area contributed by atoms with Gasteiger partial charge >= 0.3 is 0 Å². The number of carbonyl (C=O) groups is 1. The lowest BCUT2D eigenvalue weighted by Gasteiger charge is -2.18. The van der Waals surface area contributed by atoms with Gasteiger partial charge in [0.1, 0.15) is 18.1 Å². The van der Waals surface area contributed by atoms with Gasteiger partial charge in [0.15, 0.2) is 5.78 Å². The Morgan fingerprint density at radius 3 is 2.77 bits per heavy atom. The zero-order valence-electron chi connectivity index (χ0n) is 11.4. The molecule has 1 heterocycles. The summed E-state index contributed by atoms with van der Waals surface area (Å²) in [5.74, 6) is 0.0421. The van der Waals surface area contributed by atoms with E-state index < -0.39 is 4.92 Å². The first-order valence-corrected chi connectivity index (χ1v) is 6.51. The molecule has 0 bridgehead atoms. The Hall–Kier alpha value is -3.15. The molecule has 3 rings (SSSR count). The molecule has 6 heteroatoms. The van der Waals surface area contributed by atoms with Crippen LogP contribution in [0.3, 0.4) is 0 Å². The second-order valence-electron chi connectivity index (χ2n) is 4.78. The number of hydrogen-bond donors (Lipinski definition) is 1. The first-order chi connectivity index (χ1) is 10.6. The van der Waals surface area contributed by atoms with Gasteiger partial charge in [-0.2, -0.15) is 0 Å². The quantitative estimate of drug-likeness (QED) is 0.523. The SMILES string of the molecule is O=C1/C(=C/c2ccccc2[N+](=O)[O-])COc2ccc(O)cc21. The van der Waals surface area contributed by atoms with Crippen LogP contribution in [-0.2, 0) is 0 Å². The van der Waals surface area contributed by atoms with Gasteiger partial charge < -0.3 is 9.84 Å². The Kier molecular flexibility index (Phi) is 3.34. The normalized spacial score (nSPS) is 15.3. The highest BCUT2D eigenvalue weighted by atomic mass is 16.6. The number of Topliss-reactive ketones (excluding diaryl/α,β-unsaturated/α-hetero) is 1. The third-order valence-corrected chi connectivity index (χ3v) is 3.35. The third kappa shape index (κ3) is 2.42. The predicted molar refractivity (Wildman–Crippen MR) is 79.0 cm³/mol. The molecule has 22 heavy (non-hydrogen) atoms. The maximum Gasteiger partial charge on any atom is 0.276 e. The van der Waals surface area contributed by atoms with Crippen LogP contribution in [0.15, 0.2) is 48.0 Å². The molecule has 0 amide bonds. The maximum atomic E-state index is 12.4. The number of ether oxygens (including phenoxy) is 1. The van der Waals surface area contributed by atoms with Crippen LogP contribution in [0, 0.1) is 10.1 Å². The molecule has 0 saturated carbocycles. The topological polar surface area (TPSA) is 89.7 Å². The molecule has 0 aromatic heterocycles. The first-order valence-electron chi connectivity index (χ1n) is 6.51. The summed E-state index contributed by atoms with van der Waals surface area (Å²) in [4.78, 5) is 22.9. The molecular weight excluding hydrogens is 286 g/mol. The number of rotatable bonds is 2. The van der Waals surface area contributed by atoms with Crippen molar-refractivity contribution >= 4 is 17.5 Å². The van der Waals surface area contributed by atoms with Crippen molar-refractivity contribution in [2.45, 2.75) is 0 Å². The van der Waals surface area contributed by atoms with E-state index in [2.05, 4.69) is 0 Å². The second kappa shape index (κ2) is 5.33. The van der Waals surface area contributed by atoms with E-state index in [1.807, 2.05) is 0 Å². The summed E-state index contributed by atoms with van der Waals surface area (Å²) in [6, 6.07) is 10.4. The number of nitro groups is 1.